The largest absolute Gasteiger partial charge is 0.466 e. The van der Waals surface area contributed by atoms with Gasteiger partial charge in [0.2, 0.25) is 5.91 Å². The van der Waals surface area contributed by atoms with Crippen LogP contribution in [0.2, 0.25) is 0 Å². The molecule has 0 spiro atoms. The summed E-state index contributed by atoms with van der Waals surface area (Å²) in [5.74, 6) is 0.506. The Morgan fingerprint density at radius 3 is 2.36 bits per heavy atom. The number of furan rings is 1. The molecule has 1 aromatic carbocycles. The summed E-state index contributed by atoms with van der Waals surface area (Å²) in [7, 11) is 0. The molecule has 0 aliphatic heterocycles. The Kier molecular flexibility index (Phi) is 5.96. The molecule has 134 valence electrons. The van der Waals surface area contributed by atoms with Crippen molar-refractivity contribution in [3.05, 3.63) is 53.2 Å². The van der Waals surface area contributed by atoms with Gasteiger partial charge in [0, 0.05) is 24.7 Å². The molecule has 2 rings (SSSR count). The molecule has 0 radical (unpaired) electrons. The number of amides is 2. The first-order valence-electron chi connectivity index (χ1n) is 8.21. The van der Waals surface area contributed by atoms with Gasteiger partial charge in [0.15, 0.2) is 0 Å². The molecule has 0 fully saturated rings. The highest BCUT2D eigenvalue weighted by Gasteiger charge is 2.23. The molecule has 1 aromatic heterocycles. The maximum atomic E-state index is 12.9. The van der Waals surface area contributed by atoms with Gasteiger partial charge in [-0.2, -0.15) is 0 Å². The zero-order chi connectivity index (χ0) is 18.6. The van der Waals surface area contributed by atoms with Gasteiger partial charge in [-0.3, -0.25) is 9.59 Å². The molecule has 0 bridgehead atoms. The van der Waals surface area contributed by atoms with Crippen LogP contribution in [0.1, 0.15) is 42.1 Å². The number of anilines is 1. The molecule has 0 saturated carbocycles. The van der Waals surface area contributed by atoms with Crippen molar-refractivity contribution in [3.8, 4) is 0 Å². The molecule has 0 atom stereocenters. The van der Waals surface area contributed by atoms with Crippen LogP contribution in [0.3, 0.4) is 0 Å². The van der Waals surface area contributed by atoms with E-state index in [1.165, 1.54) is 24.3 Å². The van der Waals surface area contributed by atoms with Gasteiger partial charge in [-0.15, -0.1) is 0 Å². The first kappa shape index (κ1) is 18.7. The normalized spacial score (nSPS) is 10.8. The average Bonchev–Trinajstić information content (AvgIpc) is 2.88. The Bertz CT molecular complexity index is 751. The lowest BCUT2D eigenvalue weighted by Crippen LogP contribution is -2.39. The summed E-state index contributed by atoms with van der Waals surface area (Å²) in [6, 6.07) is 7.21. The predicted octanol–water partition coefficient (Wildman–Crippen LogP) is 3.91. The zero-order valence-electron chi connectivity index (χ0n) is 14.9. The summed E-state index contributed by atoms with van der Waals surface area (Å²) < 4.78 is 18.3. The number of carbonyl (C=O) groups is 2. The van der Waals surface area contributed by atoms with Gasteiger partial charge in [0.1, 0.15) is 17.3 Å². The third-order valence-corrected chi connectivity index (χ3v) is 3.86. The van der Waals surface area contributed by atoms with E-state index in [0.717, 1.165) is 0 Å². The van der Waals surface area contributed by atoms with E-state index in [1.807, 2.05) is 13.8 Å². The maximum Gasteiger partial charge on any atom is 0.257 e. The van der Waals surface area contributed by atoms with Crippen LogP contribution < -0.4 is 5.32 Å². The van der Waals surface area contributed by atoms with Gasteiger partial charge >= 0.3 is 0 Å². The quantitative estimate of drug-likeness (QED) is 0.862. The van der Waals surface area contributed by atoms with Crippen LogP contribution in [0.15, 0.2) is 34.7 Å². The van der Waals surface area contributed by atoms with E-state index in [9.17, 15) is 14.0 Å². The number of aryl methyl sites for hydroxylation is 2. The minimum Gasteiger partial charge on any atom is -0.466 e. The number of nitrogens with one attached hydrogen (secondary N) is 1. The first-order valence-corrected chi connectivity index (χ1v) is 8.21. The van der Waals surface area contributed by atoms with Crippen molar-refractivity contribution in [2.24, 2.45) is 0 Å². The van der Waals surface area contributed by atoms with Crippen molar-refractivity contribution in [1.82, 2.24) is 4.90 Å². The Morgan fingerprint density at radius 1 is 1.20 bits per heavy atom. The Labute approximate surface area is 146 Å². The van der Waals surface area contributed by atoms with Crippen molar-refractivity contribution in [2.45, 2.75) is 40.2 Å². The predicted molar refractivity (Wildman–Crippen MR) is 94.0 cm³/mol. The van der Waals surface area contributed by atoms with Crippen molar-refractivity contribution >= 4 is 17.5 Å². The van der Waals surface area contributed by atoms with E-state index in [1.54, 1.807) is 24.8 Å². The second kappa shape index (κ2) is 7.96. The number of carbonyl (C=O) groups excluding carboxylic acids is 2. The zero-order valence-corrected chi connectivity index (χ0v) is 14.9. The van der Waals surface area contributed by atoms with Gasteiger partial charge in [-0.1, -0.05) is 0 Å². The van der Waals surface area contributed by atoms with Crippen LogP contribution in [0, 0.1) is 19.7 Å². The fourth-order valence-corrected chi connectivity index (χ4v) is 2.57. The van der Waals surface area contributed by atoms with Gasteiger partial charge in [-0.05, 0) is 58.0 Å². The number of nitrogens with zero attached hydrogens (tertiary/aromatic N) is 1. The van der Waals surface area contributed by atoms with Gasteiger partial charge in [0.05, 0.1) is 5.56 Å². The highest BCUT2D eigenvalue weighted by molar-refractivity contribution is 5.96. The molecule has 1 N–H and O–H groups in total. The highest BCUT2D eigenvalue weighted by Crippen LogP contribution is 2.18. The second-order valence-electron chi connectivity index (χ2n) is 6.22. The topological polar surface area (TPSA) is 62.6 Å². The molecular formula is C19H23FN2O3. The molecule has 0 aliphatic rings. The molecule has 0 saturated heterocycles. The smallest absolute Gasteiger partial charge is 0.257 e. The molecular weight excluding hydrogens is 323 g/mol. The molecule has 2 aromatic rings. The fraction of sp³-hybridized carbons (Fsp3) is 0.368. The number of hydrogen-bond donors (Lipinski definition) is 1. The lowest BCUT2D eigenvalue weighted by molar-refractivity contribution is -0.116. The summed E-state index contributed by atoms with van der Waals surface area (Å²) in [5, 5.41) is 2.70. The van der Waals surface area contributed by atoms with E-state index in [4.69, 9.17) is 4.42 Å². The Morgan fingerprint density at radius 2 is 1.84 bits per heavy atom. The minimum atomic E-state index is -0.361. The average molecular weight is 346 g/mol. The summed E-state index contributed by atoms with van der Waals surface area (Å²) in [4.78, 5) is 26.5. The van der Waals surface area contributed by atoms with E-state index in [-0.39, 0.29) is 36.6 Å². The van der Waals surface area contributed by atoms with E-state index >= 15 is 0 Å². The van der Waals surface area contributed by atoms with Crippen LogP contribution in [0.25, 0.3) is 0 Å². The van der Waals surface area contributed by atoms with E-state index in [0.29, 0.717) is 22.8 Å². The first-order chi connectivity index (χ1) is 11.8. The van der Waals surface area contributed by atoms with Gasteiger partial charge in [-0.25, -0.2) is 4.39 Å². The molecule has 6 heteroatoms. The third-order valence-electron chi connectivity index (χ3n) is 3.86. The lowest BCUT2D eigenvalue weighted by atomic mass is 10.1. The standard InChI is InChI=1S/C19H23FN2O3/c1-12(2)22(19(24)17-11-13(3)25-14(17)4)10-9-18(23)21-16-7-5-15(20)6-8-16/h5-8,11-12H,9-10H2,1-4H3,(H,21,23). The number of halogens is 1. The van der Waals surface area contributed by atoms with Gasteiger partial charge in [0.25, 0.3) is 5.91 Å². The molecule has 0 aliphatic carbocycles. The fourth-order valence-electron chi connectivity index (χ4n) is 2.57. The van der Waals surface area contributed by atoms with Crippen LogP contribution >= 0.6 is 0 Å². The Hall–Kier alpha value is -2.63. The molecule has 0 unspecified atom stereocenters. The van der Waals surface area contributed by atoms with Crippen molar-refractivity contribution < 1.29 is 18.4 Å². The second-order valence-corrected chi connectivity index (χ2v) is 6.22. The number of rotatable bonds is 6. The van der Waals surface area contributed by atoms with E-state index < -0.39 is 0 Å². The highest BCUT2D eigenvalue weighted by atomic mass is 19.1. The molecule has 2 amide bonds. The van der Waals surface area contributed by atoms with Crippen molar-refractivity contribution in [2.75, 3.05) is 11.9 Å². The summed E-state index contributed by atoms with van der Waals surface area (Å²) in [6.07, 6.45) is 0.150. The Balaban J connectivity index is 1.99. The van der Waals surface area contributed by atoms with Crippen molar-refractivity contribution in [3.63, 3.8) is 0 Å². The summed E-state index contributed by atoms with van der Waals surface area (Å²) in [6.45, 7) is 7.63. The summed E-state index contributed by atoms with van der Waals surface area (Å²) >= 11 is 0. The minimum absolute atomic E-state index is 0.0549. The van der Waals surface area contributed by atoms with Crippen molar-refractivity contribution in [1.29, 1.82) is 0 Å². The number of hydrogen-bond acceptors (Lipinski definition) is 3. The molecule has 25 heavy (non-hydrogen) atoms. The van der Waals surface area contributed by atoms with Crippen LogP contribution in [0.5, 0.6) is 0 Å². The lowest BCUT2D eigenvalue weighted by Gasteiger charge is -2.26. The van der Waals surface area contributed by atoms with Gasteiger partial charge < -0.3 is 14.6 Å². The number of benzene rings is 1. The van der Waals surface area contributed by atoms with Crippen LogP contribution in [0.4, 0.5) is 10.1 Å². The molecule has 1 heterocycles. The van der Waals surface area contributed by atoms with Crippen LogP contribution in [-0.4, -0.2) is 29.3 Å². The maximum absolute atomic E-state index is 12.9. The van der Waals surface area contributed by atoms with E-state index in [2.05, 4.69) is 5.32 Å². The third kappa shape index (κ3) is 4.92. The molecule has 5 nitrogen and oxygen atoms in total. The summed E-state index contributed by atoms with van der Waals surface area (Å²) in [5.41, 5.74) is 1.04. The SMILES string of the molecule is Cc1cc(C(=O)N(CCC(=O)Nc2ccc(F)cc2)C(C)C)c(C)o1. The monoisotopic (exact) mass is 346 g/mol. The van der Waals surface area contributed by atoms with Crippen LogP contribution in [-0.2, 0) is 4.79 Å².